The highest BCUT2D eigenvalue weighted by Gasteiger charge is 2.44. The van der Waals surface area contributed by atoms with Crippen molar-refractivity contribution < 1.29 is 19.5 Å². The van der Waals surface area contributed by atoms with Crippen molar-refractivity contribution in [1.29, 1.82) is 0 Å². The van der Waals surface area contributed by atoms with E-state index in [1.54, 1.807) is 6.92 Å². The summed E-state index contributed by atoms with van der Waals surface area (Å²) in [6.45, 7) is 11.4. The van der Waals surface area contributed by atoms with Crippen LogP contribution in [0.4, 0.5) is 0 Å². The zero-order valence-electron chi connectivity index (χ0n) is 18.5. The number of Topliss-reactive ketones (excluding diaryl/α,β-unsaturated/α-hetero) is 1. The second-order valence-electron chi connectivity index (χ2n) is 7.91. The molecular weight excluding hydrogens is 386 g/mol. The van der Waals surface area contributed by atoms with Gasteiger partial charge in [0.1, 0.15) is 0 Å². The summed E-state index contributed by atoms with van der Waals surface area (Å²) in [5.41, 5.74) is 7.11. The SMILES string of the molecule is CC(C)=CCC/C(C)=C/C(=O)/C(C(=O)[C@](N)(CS)C(=O)O)=C(/C)CCC=C(C)C. The number of carbonyl (C=O) groups is 3. The summed E-state index contributed by atoms with van der Waals surface area (Å²) in [7, 11) is 0. The van der Waals surface area contributed by atoms with Gasteiger partial charge < -0.3 is 10.8 Å². The molecule has 0 fully saturated rings. The number of carbonyl (C=O) groups excluding carboxylic acids is 2. The first kappa shape index (κ1) is 27.1. The number of aliphatic carboxylic acids is 1. The van der Waals surface area contributed by atoms with E-state index in [2.05, 4.69) is 18.7 Å². The third-order valence-corrected chi connectivity index (χ3v) is 4.98. The van der Waals surface area contributed by atoms with Crippen LogP contribution in [0.3, 0.4) is 0 Å². The monoisotopic (exact) mass is 421 g/mol. The second kappa shape index (κ2) is 12.6. The molecule has 0 aliphatic carbocycles. The molecule has 1 atom stereocenters. The molecule has 0 heterocycles. The van der Waals surface area contributed by atoms with Crippen molar-refractivity contribution in [2.45, 2.75) is 72.8 Å². The molecular formula is C23H35NO4S. The van der Waals surface area contributed by atoms with Gasteiger partial charge in [-0.1, -0.05) is 34.4 Å². The molecule has 0 aromatic carbocycles. The van der Waals surface area contributed by atoms with Crippen LogP contribution in [0.2, 0.25) is 0 Å². The molecule has 0 radical (unpaired) electrons. The van der Waals surface area contributed by atoms with Crippen LogP contribution in [0, 0.1) is 0 Å². The fraction of sp³-hybridized carbons (Fsp3) is 0.522. The third-order valence-electron chi connectivity index (χ3n) is 4.48. The highest BCUT2D eigenvalue weighted by atomic mass is 32.1. The molecule has 0 aromatic heterocycles. The Labute approximate surface area is 180 Å². The van der Waals surface area contributed by atoms with Crippen molar-refractivity contribution in [3.8, 4) is 0 Å². The van der Waals surface area contributed by atoms with Crippen LogP contribution in [0.15, 0.2) is 46.1 Å². The minimum absolute atomic E-state index is 0.146. The topological polar surface area (TPSA) is 97.5 Å². The fourth-order valence-corrected chi connectivity index (χ4v) is 2.91. The average Bonchev–Trinajstić information content (AvgIpc) is 2.59. The Morgan fingerprint density at radius 2 is 1.41 bits per heavy atom. The van der Waals surface area contributed by atoms with Crippen molar-refractivity contribution >= 4 is 30.2 Å². The van der Waals surface area contributed by atoms with Gasteiger partial charge in [-0.3, -0.25) is 9.59 Å². The highest BCUT2D eigenvalue weighted by Crippen LogP contribution is 2.22. The number of hydrogen-bond donors (Lipinski definition) is 3. The summed E-state index contributed by atoms with van der Waals surface area (Å²) >= 11 is 3.95. The van der Waals surface area contributed by atoms with E-state index in [4.69, 9.17) is 5.73 Å². The molecule has 162 valence electrons. The molecule has 0 amide bonds. The summed E-state index contributed by atoms with van der Waals surface area (Å²) < 4.78 is 0. The molecule has 0 bridgehead atoms. The Morgan fingerprint density at radius 3 is 1.83 bits per heavy atom. The molecule has 0 unspecified atom stereocenters. The van der Waals surface area contributed by atoms with Gasteiger partial charge in [0.05, 0.1) is 5.57 Å². The van der Waals surface area contributed by atoms with E-state index in [0.717, 1.165) is 17.6 Å². The largest absolute Gasteiger partial charge is 0.480 e. The Balaban J connectivity index is 6.01. The first-order valence-electron chi connectivity index (χ1n) is 9.72. The molecule has 0 aliphatic rings. The van der Waals surface area contributed by atoms with Crippen LogP contribution in [0.5, 0.6) is 0 Å². The van der Waals surface area contributed by atoms with Crippen LogP contribution in [-0.2, 0) is 14.4 Å². The van der Waals surface area contributed by atoms with Gasteiger partial charge in [-0.2, -0.15) is 12.6 Å². The number of thiol groups is 1. The predicted molar refractivity (Wildman–Crippen MR) is 122 cm³/mol. The number of allylic oxidation sites excluding steroid dienone is 7. The smallest absolute Gasteiger partial charge is 0.332 e. The van der Waals surface area contributed by atoms with Crippen LogP contribution in [0.1, 0.15) is 67.2 Å². The fourth-order valence-electron chi connectivity index (χ4n) is 2.63. The molecule has 29 heavy (non-hydrogen) atoms. The maximum atomic E-state index is 13.0. The van der Waals surface area contributed by atoms with E-state index >= 15 is 0 Å². The van der Waals surface area contributed by atoms with Gasteiger partial charge in [-0.15, -0.1) is 0 Å². The first-order valence-corrected chi connectivity index (χ1v) is 10.4. The zero-order chi connectivity index (χ0) is 22.8. The number of ketones is 2. The molecule has 0 aromatic rings. The number of nitrogens with two attached hydrogens (primary N) is 1. The molecule has 0 rings (SSSR count). The Hall–Kier alpha value is -1.92. The van der Waals surface area contributed by atoms with Crippen molar-refractivity contribution in [3.63, 3.8) is 0 Å². The van der Waals surface area contributed by atoms with Crippen LogP contribution >= 0.6 is 12.6 Å². The van der Waals surface area contributed by atoms with Gasteiger partial charge in [0, 0.05) is 5.75 Å². The van der Waals surface area contributed by atoms with Crippen molar-refractivity contribution in [2.24, 2.45) is 5.73 Å². The molecule has 0 aliphatic heterocycles. The Kier molecular flexibility index (Phi) is 11.8. The zero-order valence-corrected chi connectivity index (χ0v) is 19.4. The van der Waals surface area contributed by atoms with Crippen LogP contribution < -0.4 is 5.73 Å². The van der Waals surface area contributed by atoms with Crippen molar-refractivity contribution in [1.82, 2.24) is 0 Å². The van der Waals surface area contributed by atoms with Gasteiger partial charge in [0.15, 0.2) is 17.1 Å². The number of hydrogen-bond acceptors (Lipinski definition) is 5. The molecule has 0 saturated heterocycles. The second-order valence-corrected chi connectivity index (χ2v) is 8.23. The Morgan fingerprint density at radius 1 is 0.931 bits per heavy atom. The lowest BCUT2D eigenvalue weighted by Crippen LogP contribution is -2.58. The Bertz CT molecular complexity index is 751. The molecule has 6 heteroatoms. The summed E-state index contributed by atoms with van der Waals surface area (Å²) in [6, 6.07) is 0. The van der Waals surface area contributed by atoms with E-state index in [1.165, 1.54) is 11.6 Å². The maximum Gasteiger partial charge on any atom is 0.332 e. The normalized spacial score (nSPS) is 14.4. The average molecular weight is 422 g/mol. The molecule has 3 N–H and O–H groups in total. The number of carboxylic acid groups (broad SMARTS) is 1. The quantitative estimate of drug-likeness (QED) is 0.141. The molecule has 5 nitrogen and oxygen atoms in total. The van der Waals surface area contributed by atoms with Crippen molar-refractivity contribution in [2.75, 3.05) is 5.75 Å². The van der Waals surface area contributed by atoms with Gasteiger partial charge >= 0.3 is 5.97 Å². The van der Waals surface area contributed by atoms with Crippen molar-refractivity contribution in [3.05, 3.63) is 46.1 Å². The highest BCUT2D eigenvalue weighted by molar-refractivity contribution is 7.80. The van der Waals surface area contributed by atoms with E-state index in [-0.39, 0.29) is 5.57 Å². The first-order chi connectivity index (χ1) is 13.4. The summed E-state index contributed by atoms with van der Waals surface area (Å²) in [6.07, 6.45) is 8.06. The predicted octanol–water partition coefficient (Wildman–Crippen LogP) is 4.59. The van der Waals surface area contributed by atoms with Gasteiger partial charge in [0.25, 0.3) is 0 Å². The van der Waals surface area contributed by atoms with E-state index < -0.39 is 28.8 Å². The van der Waals surface area contributed by atoms with E-state index in [0.29, 0.717) is 24.8 Å². The maximum absolute atomic E-state index is 13.0. The third kappa shape index (κ3) is 8.96. The van der Waals surface area contributed by atoms with Gasteiger partial charge in [0.2, 0.25) is 0 Å². The lowest BCUT2D eigenvalue weighted by atomic mass is 9.85. The van der Waals surface area contributed by atoms with E-state index in [1.807, 2.05) is 40.7 Å². The van der Waals surface area contributed by atoms with Gasteiger partial charge in [-0.25, -0.2) is 4.79 Å². The minimum atomic E-state index is -2.24. The number of carboxylic acids is 1. The summed E-state index contributed by atoms with van der Waals surface area (Å²) in [5, 5.41) is 9.45. The van der Waals surface area contributed by atoms with Crippen LogP contribution in [0.25, 0.3) is 0 Å². The van der Waals surface area contributed by atoms with Crippen LogP contribution in [-0.4, -0.2) is 33.9 Å². The molecule has 0 saturated carbocycles. The molecule has 0 spiro atoms. The lowest BCUT2D eigenvalue weighted by molar-refractivity contribution is -0.146. The van der Waals surface area contributed by atoms with Gasteiger partial charge in [-0.05, 0) is 73.3 Å². The van der Waals surface area contributed by atoms with E-state index in [9.17, 15) is 19.5 Å². The summed E-state index contributed by atoms with van der Waals surface area (Å²) in [5.74, 6) is -3.29. The standard InChI is InChI=1S/C23H35NO4S/c1-15(2)9-7-11-17(5)13-19(25)20(18(6)12-8-10-16(3)4)21(26)23(24,14-29)22(27)28/h9-10,13,29H,7-8,11-12,14,24H2,1-6H3,(H,27,28)/b17-13+,20-18+/t23-/m1/s1. The minimum Gasteiger partial charge on any atom is -0.480 e. The lowest BCUT2D eigenvalue weighted by Gasteiger charge is -2.23. The number of rotatable bonds is 12. The summed E-state index contributed by atoms with van der Waals surface area (Å²) in [4.78, 5) is 37.6.